The van der Waals surface area contributed by atoms with Crippen LogP contribution in [0.1, 0.15) is 47.0 Å². The highest BCUT2D eigenvalue weighted by molar-refractivity contribution is 6.74. The number of aliphatic hydroxyl groups is 1. The molecule has 0 saturated carbocycles. The largest absolute Gasteiger partial charge is 0.413 e. The second-order valence-corrected chi connectivity index (χ2v) is 10.7. The van der Waals surface area contributed by atoms with Crippen LogP contribution in [0.5, 0.6) is 0 Å². The molecular formula is C14H28O2Si. The lowest BCUT2D eigenvalue weighted by molar-refractivity contribution is 0.143. The second kappa shape index (κ2) is 7.20. The first-order valence-electron chi connectivity index (χ1n) is 6.49. The van der Waals surface area contributed by atoms with Crippen LogP contribution in [0.2, 0.25) is 18.1 Å². The smallest absolute Gasteiger partial charge is 0.192 e. The van der Waals surface area contributed by atoms with E-state index >= 15 is 0 Å². The summed E-state index contributed by atoms with van der Waals surface area (Å²) in [6.07, 6.45) is 2.39. The van der Waals surface area contributed by atoms with Gasteiger partial charge in [0.05, 0.1) is 6.10 Å². The van der Waals surface area contributed by atoms with Gasteiger partial charge in [-0.2, -0.15) is 0 Å². The third-order valence-electron chi connectivity index (χ3n) is 3.35. The van der Waals surface area contributed by atoms with E-state index in [9.17, 15) is 0 Å². The van der Waals surface area contributed by atoms with E-state index in [2.05, 4.69) is 45.7 Å². The van der Waals surface area contributed by atoms with Crippen molar-refractivity contribution in [3.63, 3.8) is 0 Å². The summed E-state index contributed by atoms with van der Waals surface area (Å²) in [4.78, 5) is 0. The molecule has 0 bridgehead atoms. The van der Waals surface area contributed by atoms with Gasteiger partial charge in [-0.25, -0.2) is 0 Å². The van der Waals surface area contributed by atoms with Crippen LogP contribution in [0.4, 0.5) is 0 Å². The molecule has 0 radical (unpaired) electrons. The van der Waals surface area contributed by atoms with Crippen LogP contribution >= 0.6 is 0 Å². The minimum atomic E-state index is -1.74. The van der Waals surface area contributed by atoms with Crippen LogP contribution in [0.3, 0.4) is 0 Å². The maximum atomic E-state index is 9.08. The fraction of sp³-hybridized carbons (Fsp3) is 0.857. The molecule has 0 aliphatic heterocycles. The molecule has 0 aliphatic rings. The highest BCUT2D eigenvalue weighted by Gasteiger charge is 2.38. The predicted molar refractivity (Wildman–Crippen MR) is 76.5 cm³/mol. The molecule has 1 N–H and O–H groups in total. The summed E-state index contributed by atoms with van der Waals surface area (Å²) in [5.41, 5.74) is 0. The van der Waals surface area contributed by atoms with Gasteiger partial charge in [-0.15, -0.1) is 11.8 Å². The molecule has 0 unspecified atom stereocenters. The highest BCUT2D eigenvalue weighted by Crippen LogP contribution is 2.37. The Labute approximate surface area is 108 Å². The molecule has 0 aromatic heterocycles. The Hall–Kier alpha value is -0.303. The van der Waals surface area contributed by atoms with Crippen molar-refractivity contribution in [2.75, 3.05) is 6.61 Å². The van der Waals surface area contributed by atoms with Crippen LogP contribution in [0.25, 0.3) is 0 Å². The molecule has 0 saturated heterocycles. The molecular weight excluding hydrogens is 228 g/mol. The minimum absolute atomic E-state index is 0.0833. The first kappa shape index (κ1) is 16.7. The zero-order valence-corrected chi connectivity index (χ0v) is 13.3. The van der Waals surface area contributed by atoms with E-state index in [1.807, 2.05) is 6.92 Å². The highest BCUT2D eigenvalue weighted by atomic mass is 28.4. The SMILES string of the molecule is CCC#CC[C@H](CCO)O[Si](C)(C)C(C)(C)C. The average Bonchev–Trinajstić information content (AvgIpc) is 2.16. The molecule has 0 fully saturated rings. The third-order valence-corrected chi connectivity index (χ3v) is 7.89. The van der Waals surface area contributed by atoms with Gasteiger partial charge in [0.15, 0.2) is 8.32 Å². The summed E-state index contributed by atoms with van der Waals surface area (Å²) in [5, 5.41) is 9.29. The number of hydrogen-bond acceptors (Lipinski definition) is 2. The van der Waals surface area contributed by atoms with E-state index in [0.29, 0.717) is 6.42 Å². The lowest BCUT2D eigenvalue weighted by Crippen LogP contribution is -2.44. The first-order valence-corrected chi connectivity index (χ1v) is 9.40. The van der Waals surface area contributed by atoms with Crippen molar-refractivity contribution in [1.29, 1.82) is 0 Å². The number of aliphatic hydroxyl groups excluding tert-OH is 1. The summed E-state index contributed by atoms with van der Waals surface area (Å²) >= 11 is 0. The molecule has 0 spiro atoms. The van der Waals surface area contributed by atoms with Crippen molar-refractivity contribution in [3.8, 4) is 11.8 Å². The Morgan fingerprint density at radius 3 is 2.24 bits per heavy atom. The molecule has 1 atom stereocenters. The maximum Gasteiger partial charge on any atom is 0.192 e. The average molecular weight is 256 g/mol. The van der Waals surface area contributed by atoms with Gasteiger partial charge < -0.3 is 9.53 Å². The maximum absolute atomic E-state index is 9.08. The Bertz CT molecular complexity index is 268. The van der Waals surface area contributed by atoms with Crippen LogP contribution in [-0.4, -0.2) is 26.1 Å². The second-order valence-electron chi connectivity index (χ2n) is 5.92. The topological polar surface area (TPSA) is 29.5 Å². The molecule has 0 amide bonds. The summed E-state index contributed by atoms with van der Waals surface area (Å²) < 4.78 is 6.27. The molecule has 0 aromatic rings. The lowest BCUT2D eigenvalue weighted by atomic mass is 10.2. The Morgan fingerprint density at radius 1 is 1.24 bits per heavy atom. The van der Waals surface area contributed by atoms with Gasteiger partial charge in [0.25, 0.3) is 0 Å². The van der Waals surface area contributed by atoms with Crippen LogP contribution in [-0.2, 0) is 4.43 Å². The van der Waals surface area contributed by atoms with E-state index in [-0.39, 0.29) is 17.7 Å². The van der Waals surface area contributed by atoms with Crippen molar-refractivity contribution in [3.05, 3.63) is 0 Å². The molecule has 0 rings (SSSR count). The van der Waals surface area contributed by atoms with E-state index in [0.717, 1.165) is 12.8 Å². The lowest BCUT2D eigenvalue weighted by Gasteiger charge is -2.39. The summed E-state index contributed by atoms with van der Waals surface area (Å²) in [6, 6.07) is 0. The molecule has 3 heteroatoms. The Kier molecular flexibility index (Phi) is 7.07. The van der Waals surface area contributed by atoms with E-state index < -0.39 is 8.32 Å². The van der Waals surface area contributed by atoms with Crippen molar-refractivity contribution in [2.45, 2.75) is 71.2 Å². The zero-order valence-electron chi connectivity index (χ0n) is 12.3. The van der Waals surface area contributed by atoms with Gasteiger partial charge in [-0.05, 0) is 24.6 Å². The monoisotopic (exact) mass is 256 g/mol. The standard InChI is InChI=1S/C14H28O2Si/c1-7-8-9-10-13(11-12-15)16-17(5,6)14(2,3)4/h13,15H,7,10-12H2,1-6H3/t13-/m1/s1. The quantitative estimate of drug-likeness (QED) is 0.602. The molecule has 100 valence electrons. The van der Waals surface area contributed by atoms with E-state index in [1.54, 1.807) is 0 Å². The summed E-state index contributed by atoms with van der Waals surface area (Å²) in [7, 11) is -1.74. The van der Waals surface area contributed by atoms with Crippen LogP contribution in [0.15, 0.2) is 0 Å². The minimum Gasteiger partial charge on any atom is -0.413 e. The fourth-order valence-electron chi connectivity index (χ4n) is 1.25. The molecule has 0 aliphatic carbocycles. The Morgan fingerprint density at radius 2 is 1.82 bits per heavy atom. The molecule has 0 aromatic carbocycles. The number of hydrogen-bond donors (Lipinski definition) is 1. The van der Waals surface area contributed by atoms with Gasteiger partial charge in [-0.1, -0.05) is 27.7 Å². The first-order chi connectivity index (χ1) is 7.74. The predicted octanol–water partition coefficient (Wildman–Crippen LogP) is 3.56. The molecule has 0 heterocycles. The van der Waals surface area contributed by atoms with Crippen LogP contribution < -0.4 is 0 Å². The normalized spacial score (nSPS) is 14.1. The van der Waals surface area contributed by atoms with Gasteiger partial charge in [0.2, 0.25) is 0 Å². The van der Waals surface area contributed by atoms with Gasteiger partial charge in [0.1, 0.15) is 0 Å². The van der Waals surface area contributed by atoms with E-state index in [4.69, 9.17) is 9.53 Å². The van der Waals surface area contributed by atoms with Crippen LogP contribution in [0, 0.1) is 11.8 Å². The zero-order chi connectivity index (χ0) is 13.5. The molecule has 17 heavy (non-hydrogen) atoms. The number of rotatable bonds is 5. The third kappa shape index (κ3) is 6.26. The molecule has 2 nitrogen and oxygen atoms in total. The Balaban J connectivity index is 4.53. The van der Waals surface area contributed by atoms with Gasteiger partial charge in [0, 0.05) is 19.4 Å². The van der Waals surface area contributed by atoms with Crippen molar-refractivity contribution >= 4 is 8.32 Å². The van der Waals surface area contributed by atoms with Crippen molar-refractivity contribution < 1.29 is 9.53 Å². The van der Waals surface area contributed by atoms with Crippen molar-refractivity contribution in [1.82, 2.24) is 0 Å². The van der Waals surface area contributed by atoms with E-state index in [1.165, 1.54) is 0 Å². The van der Waals surface area contributed by atoms with Crippen molar-refractivity contribution in [2.24, 2.45) is 0 Å². The fourth-order valence-corrected chi connectivity index (χ4v) is 2.64. The summed E-state index contributed by atoms with van der Waals surface area (Å²) in [5.74, 6) is 6.20. The van der Waals surface area contributed by atoms with Gasteiger partial charge >= 0.3 is 0 Å². The summed E-state index contributed by atoms with van der Waals surface area (Å²) in [6.45, 7) is 13.4. The van der Waals surface area contributed by atoms with Gasteiger partial charge in [-0.3, -0.25) is 0 Å².